The van der Waals surface area contributed by atoms with E-state index in [1.54, 1.807) is 7.11 Å². The minimum Gasteiger partial charge on any atom is -0.495 e. The van der Waals surface area contributed by atoms with Crippen molar-refractivity contribution in [1.82, 2.24) is 5.32 Å². The maximum atomic E-state index is 5.28. The maximum absolute atomic E-state index is 5.28. The van der Waals surface area contributed by atoms with Gasteiger partial charge in [0.15, 0.2) is 5.11 Å². The number of nitrogens with one attached hydrogen (secondary N) is 2. The van der Waals surface area contributed by atoms with Crippen LogP contribution in [-0.4, -0.2) is 18.8 Å². The molecule has 1 aromatic rings. The van der Waals surface area contributed by atoms with E-state index in [1.807, 2.05) is 25.1 Å². The summed E-state index contributed by atoms with van der Waals surface area (Å²) >= 11 is 5.22. The molecule has 0 bridgehead atoms. The van der Waals surface area contributed by atoms with Crippen molar-refractivity contribution in [2.45, 2.75) is 26.7 Å². The van der Waals surface area contributed by atoms with Gasteiger partial charge in [0, 0.05) is 6.54 Å². The molecule has 1 aromatic carbocycles. The summed E-state index contributed by atoms with van der Waals surface area (Å²) in [6, 6.07) is 5.97. The Morgan fingerprint density at radius 1 is 1.41 bits per heavy atom. The fourth-order valence-corrected chi connectivity index (χ4v) is 1.68. The summed E-state index contributed by atoms with van der Waals surface area (Å²) in [5, 5.41) is 6.97. The molecule has 0 aliphatic carbocycles. The van der Waals surface area contributed by atoms with Crippen LogP contribution in [0.25, 0.3) is 0 Å². The van der Waals surface area contributed by atoms with E-state index in [-0.39, 0.29) is 0 Å². The minimum atomic E-state index is 0.641. The van der Waals surface area contributed by atoms with Crippen molar-refractivity contribution in [3.63, 3.8) is 0 Å². The zero-order valence-corrected chi connectivity index (χ0v) is 11.5. The third kappa shape index (κ3) is 4.61. The number of unbranched alkanes of at least 4 members (excludes halogenated alkanes) is 1. The van der Waals surface area contributed by atoms with E-state index < -0.39 is 0 Å². The molecule has 2 N–H and O–H groups in total. The van der Waals surface area contributed by atoms with E-state index in [0.717, 1.165) is 30.8 Å². The lowest BCUT2D eigenvalue weighted by atomic mass is 10.2. The van der Waals surface area contributed by atoms with Gasteiger partial charge in [-0.3, -0.25) is 0 Å². The molecule has 94 valence electrons. The van der Waals surface area contributed by atoms with Gasteiger partial charge in [-0.15, -0.1) is 0 Å². The Balaban J connectivity index is 2.60. The Morgan fingerprint density at radius 3 is 2.82 bits per heavy atom. The average Bonchev–Trinajstić information content (AvgIpc) is 2.29. The van der Waals surface area contributed by atoms with E-state index in [4.69, 9.17) is 17.0 Å². The predicted octanol–water partition coefficient (Wildman–Crippen LogP) is 3.09. The lowest BCUT2D eigenvalue weighted by molar-refractivity contribution is 0.417. The summed E-state index contributed by atoms with van der Waals surface area (Å²) in [6.07, 6.45) is 2.27. The van der Waals surface area contributed by atoms with Crippen LogP contribution < -0.4 is 15.4 Å². The lowest BCUT2D eigenvalue weighted by Crippen LogP contribution is -2.29. The molecule has 17 heavy (non-hydrogen) atoms. The number of rotatable bonds is 5. The number of ether oxygens (including phenoxy) is 1. The highest BCUT2D eigenvalue weighted by Crippen LogP contribution is 2.24. The Kier molecular flexibility index (Phi) is 5.77. The number of hydrogen-bond donors (Lipinski definition) is 2. The number of hydrogen-bond acceptors (Lipinski definition) is 2. The van der Waals surface area contributed by atoms with E-state index >= 15 is 0 Å². The molecule has 4 heteroatoms. The van der Waals surface area contributed by atoms with Gasteiger partial charge in [-0.05, 0) is 43.3 Å². The van der Waals surface area contributed by atoms with Gasteiger partial charge in [-0.25, -0.2) is 0 Å². The second kappa shape index (κ2) is 7.12. The van der Waals surface area contributed by atoms with E-state index in [1.165, 1.54) is 5.56 Å². The average molecular weight is 252 g/mol. The predicted molar refractivity (Wildman–Crippen MR) is 76.9 cm³/mol. The van der Waals surface area contributed by atoms with Crippen molar-refractivity contribution < 1.29 is 4.74 Å². The van der Waals surface area contributed by atoms with Gasteiger partial charge >= 0.3 is 0 Å². The molecule has 0 atom stereocenters. The summed E-state index contributed by atoms with van der Waals surface area (Å²) in [5.74, 6) is 0.801. The Hall–Kier alpha value is -1.29. The molecule has 0 aliphatic heterocycles. The number of methoxy groups -OCH3 is 1. The Labute approximate surface area is 109 Å². The molecule has 0 heterocycles. The van der Waals surface area contributed by atoms with Crippen LogP contribution in [-0.2, 0) is 0 Å². The summed E-state index contributed by atoms with van der Waals surface area (Å²) < 4.78 is 5.28. The highest BCUT2D eigenvalue weighted by atomic mass is 32.1. The highest BCUT2D eigenvalue weighted by Gasteiger charge is 2.04. The number of thiocarbonyl (C=S) groups is 1. The molecule has 0 unspecified atom stereocenters. The molecule has 0 amide bonds. The smallest absolute Gasteiger partial charge is 0.170 e. The van der Waals surface area contributed by atoms with E-state index in [0.29, 0.717) is 5.11 Å². The second-order valence-corrected chi connectivity index (χ2v) is 4.35. The van der Waals surface area contributed by atoms with Crippen molar-refractivity contribution in [2.24, 2.45) is 0 Å². The molecular weight excluding hydrogens is 232 g/mol. The zero-order chi connectivity index (χ0) is 12.7. The molecule has 0 aliphatic rings. The highest BCUT2D eigenvalue weighted by molar-refractivity contribution is 7.80. The maximum Gasteiger partial charge on any atom is 0.170 e. The van der Waals surface area contributed by atoms with Crippen LogP contribution in [0, 0.1) is 6.92 Å². The molecule has 1 rings (SSSR count). The standard InChI is InChI=1S/C13H20N2OS/c1-4-5-8-14-13(17)15-11-9-10(2)6-7-12(11)16-3/h6-7,9H,4-5,8H2,1-3H3,(H2,14,15,17). The third-order valence-electron chi connectivity index (χ3n) is 2.42. The molecule has 3 nitrogen and oxygen atoms in total. The van der Waals surface area contributed by atoms with Gasteiger partial charge in [0.1, 0.15) is 5.75 Å². The first-order chi connectivity index (χ1) is 8.17. The van der Waals surface area contributed by atoms with Gasteiger partial charge in [0.25, 0.3) is 0 Å². The van der Waals surface area contributed by atoms with Crippen LogP contribution in [0.15, 0.2) is 18.2 Å². The van der Waals surface area contributed by atoms with E-state index in [2.05, 4.69) is 17.6 Å². The summed E-state index contributed by atoms with van der Waals surface area (Å²) in [7, 11) is 1.66. The molecule has 0 saturated carbocycles. The van der Waals surface area contributed by atoms with Crippen molar-refractivity contribution in [1.29, 1.82) is 0 Å². The summed E-state index contributed by atoms with van der Waals surface area (Å²) in [6.45, 7) is 5.09. The van der Waals surface area contributed by atoms with Gasteiger partial charge in [0.2, 0.25) is 0 Å². The quantitative estimate of drug-likeness (QED) is 0.623. The molecule has 0 saturated heterocycles. The second-order valence-electron chi connectivity index (χ2n) is 3.94. The van der Waals surface area contributed by atoms with E-state index in [9.17, 15) is 0 Å². The Bertz CT molecular complexity index is 380. The first-order valence-electron chi connectivity index (χ1n) is 5.87. The van der Waals surface area contributed by atoms with Crippen LogP contribution in [0.5, 0.6) is 5.75 Å². The monoisotopic (exact) mass is 252 g/mol. The topological polar surface area (TPSA) is 33.3 Å². The minimum absolute atomic E-state index is 0.641. The van der Waals surface area contributed by atoms with Crippen molar-refractivity contribution in [3.8, 4) is 5.75 Å². The lowest BCUT2D eigenvalue weighted by Gasteiger charge is -2.13. The zero-order valence-electron chi connectivity index (χ0n) is 10.7. The number of anilines is 1. The number of aryl methyl sites for hydroxylation is 1. The summed E-state index contributed by atoms with van der Waals surface area (Å²) in [5.41, 5.74) is 2.08. The van der Waals surface area contributed by atoms with Crippen molar-refractivity contribution >= 4 is 23.0 Å². The fraction of sp³-hybridized carbons (Fsp3) is 0.462. The van der Waals surface area contributed by atoms with Gasteiger partial charge in [-0.2, -0.15) is 0 Å². The van der Waals surface area contributed by atoms with Crippen molar-refractivity contribution in [2.75, 3.05) is 19.0 Å². The van der Waals surface area contributed by atoms with Gasteiger partial charge in [0.05, 0.1) is 12.8 Å². The van der Waals surface area contributed by atoms with Crippen LogP contribution in [0.3, 0.4) is 0 Å². The molecule has 0 fully saturated rings. The molecule has 0 aromatic heterocycles. The molecular formula is C13H20N2OS. The molecule has 0 radical (unpaired) electrons. The van der Waals surface area contributed by atoms with Gasteiger partial charge < -0.3 is 15.4 Å². The first-order valence-corrected chi connectivity index (χ1v) is 6.27. The third-order valence-corrected chi connectivity index (χ3v) is 2.67. The first kappa shape index (κ1) is 13.8. The Morgan fingerprint density at radius 2 is 2.18 bits per heavy atom. The van der Waals surface area contributed by atoms with Crippen LogP contribution in [0.2, 0.25) is 0 Å². The van der Waals surface area contributed by atoms with Crippen LogP contribution in [0.1, 0.15) is 25.3 Å². The fourth-order valence-electron chi connectivity index (χ4n) is 1.46. The van der Waals surface area contributed by atoms with Gasteiger partial charge in [-0.1, -0.05) is 19.4 Å². The normalized spacial score (nSPS) is 9.82. The summed E-state index contributed by atoms with van der Waals surface area (Å²) in [4.78, 5) is 0. The number of benzene rings is 1. The largest absolute Gasteiger partial charge is 0.495 e. The van der Waals surface area contributed by atoms with Crippen LogP contribution >= 0.6 is 12.2 Å². The SMILES string of the molecule is CCCCNC(=S)Nc1cc(C)ccc1OC. The van der Waals surface area contributed by atoms with Crippen LogP contribution in [0.4, 0.5) is 5.69 Å². The van der Waals surface area contributed by atoms with Crippen molar-refractivity contribution in [3.05, 3.63) is 23.8 Å². The molecule has 0 spiro atoms.